The van der Waals surface area contributed by atoms with Gasteiger partial charge in [-0.25, -0.2) is 0 Å². The van der Waals surface area contributed by atoms with Crippen LogP contribution in [0.2, 0.25) is 0 Å². The molecule has 2 heterocycles. The van der Waals surface area contributed by atoms with Crippen LogP contribution in [0.3, 0.4) is 0 Å². The monoisotopic (exact) mass is 221 g/mol. The van der Waals surface area contributed by atoms with E-state index in [1.54, 1.807) is 13.2 Å². The highest BCUT2D eigenvalue weighted by atomic mass is 16.5. The number of hydrogen-bond acceptors (Lipinski definition) is 4. The molecule has 1 fully saturated rings. The molecule has 2 rings (SSSR count). The topological polar surface area (TPSA) is 51.4 Å². The van der Waals surface area contributed by atoms with E-state index in [1.807, 2.05) is 6.07 Å². The van der Waals surface area contributed by atoms with E-state index >= 15 is 0 Å². The molecule has 0 spiro atoms. The molecule has 0 aromatic carbocycles. The number of anilines is 2. The quantitative estimate of drug-likeness (QED) is 0.828. The largest absolute Gasteiger partial charge is 0.481 e. The molecule has 1 aromatic heterocycles. The second-order valence-corrected chi connectivity index (χ2v) is 4.46. The molecule has 4 heteroatoms. The fourth-order valence-electron chi connectivity index (χ4n) is 2.19. The van der Waals surface area contributed by atoms with Crippen LogP contribution in [0.25, 0.3) is 0 Å². The van der Waals surface area contributed by atoms with E-state index in [2.05, 4.69) is 16.8 Å². The zero-order valence-corrected chi connectivity index (χ0v) is 9.94. The summed E-state index contributed by atoms with van der Waals surface area (Å²) in [5, 5.41) is 0. The Hall–Kier alpha value is -1.45. The first-order chi connectivity index (χ1) is 7.70. The standard InChI is InChI=1S/C12H19N3O/c1-9-4-3-7-15(8-9)12-10(13)5-6-11(14-12)16-2/h5-6,9H,3-4,7-8,13H2,1-2H3. The Morgan fingerprint density at radius 1 is 1.50 bits per heavy atom. The summed E-state index contributed by atoms with van der Waals surface area (Å²) < 4.78 is 5.13. The van der Waals surface area contributed by atoms with Crippen LogP contribution in [0.15, 0.2) is 12.1 Å². The number of nitrogen functional groups attached to an aromatic ring is 1. The molecule has 4 nitrogen and oxygen atoms in total. The molecule has 0 aliphatic carbocycles. The van der Waals surface area contributed by atoms with Crippen molar-refractivity contribution in [3.05, 3.63) is 12.1 Å². The van der Waals surface area contributed by atoms with Crippen LogP contribution in [-0.2, 0) is 0 Å². The van der Waals surface area contributed by atoms with Crippen LogP contribution in [0, 0.1) is 5.92 Å². The van der Waals surface area contributed by atoms with E-state index in [0.29, 0.717) is 11.8 Å². The van der Waals surface area contributed by atoms with Gasteiger partial charge in [-0.05, 0) is 24.8 Å². The average Bonchev–Trinajstić information content (AvgIpc) is 2.30. The summed E-state index contributed by atoms with van der Waals surface area (Å²) >= 11 is 0. The maximum Gasteiger partial charge on any atom is 0.215 e. The SMILES string of the molecule is COc1ccc(N)c(N2CCCC(C)C2)n1. The number of piperidine rings is 1. The number of ether oxygens (including phenoxy) is 1. The van der Waals surface area contributed by atoms with Gasteiger partial charge in [-0.3, -0.25) is 0 Å². The maximum atomic E-state index is 5.96. The first-order valence-corrected chi connectivity index (χ1v) is 5.76. The first kappa shape index (κ1) is 11.0. The van der Waals surface area contributed by atoms with Crippen LogP contribution in [0.4, 0.5) is 11.5 Å². The van der Waals surface area contributed by atoms with Gasteiger partial charge < -0.3 is 15.4 Å². The molecule has 16 heavy (non-hydrogen) atoms. The molecule has 1 aromatic rings. The molecule has 1 atom stereocenters. The zero-order valence-electron chi connectivity index (χ0n) is 9.94. The third-order valence-corrected chi connectivity index (χ3v) is 3.05. The van der Waals surface area contributed by atoms with Gasteiger partial charge in [0.1, 0.15) is 0 Å². The van der Waals surface area contributed by atoms with Gasteiger partial charge >= 0.3 is 0 Å². The van der Waals surface area contributed by atoms with Crippen molar-refractivity contribution in [3.63, 3.8) is 0 Å². The number of hydrogen-bond donors (Lipinski definition) is 1. The lowest BCUT2D eigenvalue weighted by atomic mass is 10.0. The smallest absolute Gasteiger partial charge is 0.215 e. The van der Waals surface area contributed by atoms with Crippen molar-refractivity contribution in [1.82, 2.24) is 4.98 Å². The number of methoxy groups -OCH3 is 1. The molecule has 1 aliphatic rings. The Bertz CT molecular complexity index is 367. The van der Waals surface area contributed by atoms with Crippen molar-refractivity contribution in [2.75, 3.05) is 30.8 Å². The third-order valence-electron chi connectivity index (χ3n) is 3.05. The van der Waals surface area contributed by atoms with Gasteiger partial charge in [-0.15, -0.1) is 0 Å². The molecule has 0 saturated carbocycles. The van der Waals surface area contributed by atoms with E-state index < -0.39 is 0 Å². The van der Waals surface area contributed by atoms with Gasteiger partial charge in [-0.2, -0.15) is 4.98 Å². The molecule has 1 aliphatic heterocycles. The van der Waals surface area contributed by atoms with Crippen LogP contribution in [-0.4, -0.2) is 25.2 Å². The van der Waals surface area contributed by atoms with Crippen molar-refractivity contribution in [2.45, 2.75) is 19.8 Å². The highest BCUT2D eigenvalue weighted by Gasteiger charge is 2.19. The second-order valence-electron chi connectivity index (χ2n) is 4.46. The summed E-state index contributed by atoms with van der Waals surface area (Å²) in [7, 11) is 1.63. The Morgan fingerprint density at radius 3 is 3.00 bits per heavy atom. The average molecular weight is 221 g/mol. The second kappa shape index (κ2) is 4.60. The van der Waals surface area contributed by atoms with E-state index in [1.165, 1.54) is 12.8 Å². The summed E-state index contributed by atoms with van der Waals surface area (Å²) in [5.74, 6) is 2.20. The lowest BCUT2D eigenvalue weighted by Gasteiger charge is -2.32. The molecule has 1 unspecified atom stereocenters. The lowest BCUT2D eigenvalue weighted by Crippen LogP contribution is -2.35. The van der Waals surface area contributed by atoms with Crippen LogP contribution < -0.4 is 15.4 Å². The van der Waals surface area contributed by atoms with Gasteiger partial charge in [0.15, 0.2) is 5.82 Å². The number of nitrogens with two attached hydrogens (primary N) is 1. The highest BCUT2D eigenvalue weighted by Crippen LogP contribution is 2.27. The van der Waals surface area contributed by atoms with Crippen LogP contribution in [0.1, 0.15) is 19.8 Å². The maximum absolute atomic E-state index is 5.96. The summed E-state index contributed by atoms with van der Waals surface area (Å²) in [6, 6.07) is 3.66. The molecule has 88 valence electrons. The van der Waals surface area contributed by atoms with Gasteiger partial charge in [-0.1, -0.05) is 6.92 Å². The summed E-state index contributed by atoms with van der Waals surface area (Å²) in [5.41, 5.74) is 6.69. The number of aromatic nitrogens is 1. The minimum Gasteiger partial charge on any atom is -0.481 e. The van der Waals surface area contributed by atoms with Gasteiger partial charge in [0.2, 0.25) is 5.88 Å². The minimum atomic E-state index is 0.627. The predicted octanol–water partition coefficient (Wildman–Crippen LogP) is 1.91. The Morgan fingerprint density at radius 2 is 2.31 bits per heavy atom. The third kappa shape index (κ3) is 2.21. The molecule has 2 N–H and O–H groups in total. The number of nitrogens with zero attached hydrogens (tertiary/aromatic N) is 2. The van der Waals surface area contributed by atoms with E-state index in [9.17, 15) is 0 Å². The Labute approximate surface area is 96.4 Å². The van der Waals surface area contributed by atoms with Crippen LogP contribution in [0.5, 0.6) is 5.88 Å². The summed E-state index contributed by atoms with van der Waals surface area (Å²) in [6.45, 7) is 4.33. The molecular formula is C12H19N3O. The fraction of sp³-hybridized carbons (Fsp3) is 0.583. The Balaban J connectivity index is 2.24. The van der Waals surface area contributed by atoms with E-state index in [4.69, 9.17) is 10.5 Å². The number of rotatable bonds is 2. The summed E-state index contributed by atoms with van der Waals surface area (Å²) in [4.78, 5) is 6.68. The van der Waals surface area contributed by atoms with Gasteiger partial charge in [0.25, 0.3) is 0 Å². The van der Waals surface area contributed by atoms with E-state index in [-0.39, 0.29) is 0 Å². The minimum absolute atomic E-state index is 0.627. The zero-order chi connectivity index (χ0) is 11.5. The first-order valence-electron chi connectivity index (χ1n) is 5.76. The van der Waals surface area contributed by atoms with Crippen molar-refractivity contribution < 1.29 is 4.74 Å². The molecule has 0 radical (unpaired) electrons. The molecular weight excluding hydrogens is 202 g/mol. The molecule has 1 saturated heterocycles. The normalized spacial score (nSPS) is 20.9. The van der Waals surface area contributed by atoms with Crippen molar-refractivity contribution >= 4 is 11.5 Å². The molecule has 0 bridgehead atoms. The highest BCUT2D eigenvalue weighted by molar-refractivity contribution is 5.63. The lowest BCUT2D eigenvalue weighted by molar-refractivity contribution is 0.395. The fourth-order valence-corrected chi connectivity index (χ4v) is 2.19. The van der Waals surface area contributed by atoms with Crippen LogP contribution >= 0.6 is 0 Å². The number of pyridine rings is 1. The van der Waals surface area contributed by atoms with Gasteiger partial charge in [0, 0.05) is 19.2 Å². The van der Waals surface area contributed by atoms with Crippen molar-refractivity contribution in [2.24, 2.45) is 5.92 Å². The predicted molar refractivity (Wildman–Crippen MR) is 65.8 cm³/mol. The van der Waals surface area contributed by atoms with Crippen molar-refractivity contribution in [1.29, 1.82) is 0 Å². The van der Waals surface area contributed by atoms with Crippen molar-refractivity contribution in [3.8, 4) is 5.88 Å². The summed E-state index contributed by atoms with van der Waals surface area (Å²) in [6.07, 6.45) is 2.50. The van der Waals surface area contributed by atoms with Gasteiger partial charge in [0.05, 0.1) is 12.8 Å². The molecule has 0 amide bonds. The van der Waals surface area contributed by atoms with E-state index in [0.717, 1.165) is 24.6 Å². The Kier molecular flexibility index (Phi) is 3.17.